The number of aromatic hydroxyl groups is 1. The van der Waals surface area contributed by atoms with Gasteiger partial charge in [0.1, 0.15) is 5.75 Å². The molecule has 2 heteroatoms. The van der Waals surface area contributed by atoms with Gasteiger partial charge < -0.3 is 10.2 Å². The van der Waals surface area contributed by atoms with Crippen molar-refractivity contribution in [2.45, 2.75) is 19.8 Å². The van der Waals surface area contributed by atoms with Crippen LogP contribution < -0.4 is 0 Å². The van der Waals surface area contributed by atoms with Gasteiger partial charge >= 0.3 is 0 Å². The van der Waals surface area contributed by atoms with Crippen molar-refractivity contribution in [1.82, 2.24) is 0 Å². The van der Waals surface area contributed by atoms with Crippen LogP contribution in [0.1, 0.15) is 17.5 Å². The first-order chi connectivity index (χ1) is 5.74. The van der Waals surface area contributed by atoms with Gasteiger partial charge in [0.2, 0.25) is 0 Å². The second-order valence-electron chi connectivity index (χ2n) is 2.94. The molecule has 1 rings (SSSR count). The monoisotopic (exact) mass is 166 g/mol. The van der Waals surface area contributed by atoms with Crippen LogP contribution in [0.15, 0.2) is 18.2 Å². The normalized spacial score (nSPS) is 10.2. The van der Waals surface area contributed by atoms with Gasteiger partial charge in [0.25, 0.3) is 0 Å². The van der Waals surface area contributed by atoms with Crippen LogP contribution in [0.25, 0.3) is 0 Å². The molecular formula is C10H14O2. The maximum Gasteiger partial charge on any atom is 0.115 e. The average Bonchev–Trinajstić information content (AvgIpc) is 2.03. The molecule has 0 spiro atoms. The van der Waals surface area contributed by atoms with Gasteiger partial charge in [-0.2, -0.15) is 0 Å². The molecule has 0 aliphatic heterocycles. The fourth-order valence-corrected chi connectivity index (χ4v) is 1.23. The smallest absolute Gasteiger partial charge is 0.115 e. The third-order valence-electron chi connectivity index (χ3n) is 1.93. The quantitative estimate of drug-likeness (QED) is 0.716. The van der Waals surface area contributed by atoms with E-state index in [9.17, 15) is 0 Å². The minimum atomic E-state index is 0.223. The molecule has 0 unspecified atom stereocenters. The summed E-state index contributed by atoms with van der Waals surface area (Å²) in [6.45, 7) is 2.19. The summed E-state index contributed by atoms with van der Waals surface area (Å²) in [7, 11) is 0. The van der Waals surface area contributed by atoms with E-state index >= 15 is 0 Å². The van der Waals surface area contributed by atoms with Crippen LogP contribution in [0.2, 0.25) is 0 Å². The maximum atomic E-state index is 9.11. The summed E-state index contributed by atoms with van der Waals surface area (Å²) in [5, 5.41) is 17.7. The average molecular weight is 166 g/mol. The molecule has 0 amide bonds. The highest BCUT2D eigenvalue weighted by atomic mass is 16.3. The van der Waals surface area contributed by atoms with Crippen LogP contribution in [0.3, 0.4) is 0 Å². The zero-order chi connectivity index (χ0) is 8.97. The van der Waals surface area contributed by atoms with Gasteiger partial charge in [0.15, 0.2) is 0 Å². The van der Waals surface area contributed by atoms with E-state index in [2.05, 4.69) is 0 Å². The molecule has 2 N–H and O–H groups in total. The number of benzene rings is 1. The molecule has 0 atom stereocenters. The summed E-state index contributed by atoms with van der Waals surface area (Å²) >= 11 is 0. The molecule has 0 aliphatic rings. The Kier molecular flexibility index (Phi) is 3.11. The van der Waals surface area contributed by atoms with E-state index < -0.39 is 0 Å². The van der Waals surface area contributed by atoms with E-state index in [0.29, 0.717) is 5.75 Å². The van der Waals surface area contributed by atoms with Crippen molar-refractivity contribution >= 4 is 0 Å². The van der Waals surface area contributed by atoms with Gasteiger partial charge in [-0.1, -0.05) is 6.07 Å². The van der Waals surface area contributed by atoms with Crippen LogP contribution >= 0.6 is 0 Å². The van der Waals surface area contributed by atoms with Crippen molar-refractivity contribution in [3.8, 4) is 5.75 Å². The summed E-state index contributed by atoms with van der Waals surface area (Å²) in [6, 6.07) is 5.33. The number of hydrogen-bond donors (Lipinski definition) is 2. The topological polar surface area (TPSA) is 40.5 Å². The van der Waals surface area contributed by atoms with Gasteiger partial charge in [-0.15, -0.1) is 0 Å². The first kappa shape index (κ1) is 9.07. The highest BCUT2D eigenvalue weighted by molar-refractivity contribution is 5.33. The maximum absolute atomic E-state index is 9.11. The molecule has 0 radical (unpaired) electrons. The summed E-state index contributed by atoms with van der Waals surface area (Å²) in [6.07, 6.45) is 1.66. The lowest BCUT2D eigenvalue weighted by Crippen LogP contribution is -1.91. The molecule has 12 heavy (non-hydrogen) atoms. The second kappa shape index (κ2) is 4.12. The minimum absolute atomic E-state index is 0.223. The molecule has 1 aromatic carbocycles. The predicted octanol–water partition coefficient (Wildman–Crippen LogP) is 1.63. The van der Waals surface area contributed by atoms with Gasteiger partial charge in [-0.25, -0.2) is 0 Å². The van der Waals surface area contributed by atoms with Crippen molar-refractivity contribution in [2.75, 3.05) is 6.61 Å². The number of aliphatic hydroxyl groups excluding tert-OH is 1. The summed E-state index contributed by atoms with van der Waals surface area (Å²) in [5.74, 6) is 0.306. The highest BCUT2D eigenvalue weighted by Gasteiger charge is 1.98. The number of hydrogen-bond acceptors (Lipinski definition) is 2. The molecule has 0 aromatic heterocycles. The summed E-state index contributed by atoms with van der Waals surface area (Å²) in [4.78, 5) is 0. The van der Waals surface area contributed by atoms with Gasteiger partial charge in [0, 0.05) is 6.61 Å². The molecule has 0 saturated heterocycles. The molecule has 0 bridgehead atoms. The van der Waals surface area contributed by atoms with E-state index in [1.807, 2.05) is 13.0 Å². The number of phenolic OH excluding ortho intramolecular Hbond substituents is 1. The third kappa shape index (κ3) is 2.24. The summed E-state index contributed by atoms with van der Waals surface area (Å²) < 4.78 is 0. The Hall–Kier alpha value is -1.02. The van der Waals surface area contributed by atoms with E-state index in [1.54, 1.807) is 12.1 Å². The van der Waals surface area contributed by atoms with Crippen molar-refractivity contribution in [1.29, 1.82) is 0 Å². The Morgan fingerprint density at radius 1 is 1.33 bits per heavy atom. The van der Waals surface area contributed by atoms with Crippen molar-refractivity contribution in [3.05, 3.63) is 29.3 Å². The van der Waals surface area contributed by atoms with E-state index in [0.717, 1.165) is 18.4 Å². The molecule has 2 nitrogen and oxygen atoms in total. The van der Waals surface area contributed by atoms with Crippen LogP contribution in [0.5, 0.6) is 5.75 Å². The number of aryl methyl sites for hydroxylation is 2. The van der Waals surface area contributed by atoms with Gasteiger partial charge in [-0.3, -0.25) is 0 Å². The lowest BCUT2D eigenvalue weighted by molar-refractivity contribution is 0.288. The van der Waals surface area contributed by atoms with E-state index in [-0.39, 0.29) is 6.61 Å². The first-order valence-corrected chi connectivity index (χ1v) is 4.13. The Bertz CT molecular complexity index is 256. The van der Waals surface area contributed by atoms with Crippen molar-refractivity contribution in [2.24, 2.45) is 0 Å². The Morgan fingerprint density at radius 2 is 2.08 bits per heavy atom. The molecule has 66 valence electrons. The molecule has 0 fully saturated rings. The zero-order valence-corrected chi connectivity index (χ0v) is 7.25. The highest BCUT2D eigenvalue weighted by Crippen LogP contribution is 2.16. The Morgan fingerprint density at radius 3 is 2.67 bits per heavy atom. The van der Waals surface area contributed by atoms with Crippen molar-refractivity contribution < 1.29 is 10.2 Å². The van der Waals surface area contributed by atoms with Crippen LogP contribution in [0, 0.1) is 6.92 Å². The lowest BCUT2D eigenvalue weighted by atomic mass is 10.0. The first-order valence-electron chi connectivity index (χ1n) is 4.13. The predicted molar refractivity (Wildman–Crippen MR) is 48.3 cm³/mol. The van der Waals surface area contributed by atoms with Crippen molar-refractivity contribution in [3.63, 3.8) is 0 Å². The Labute approximate surface area is 72.5 Å². The van der Waals surface area contributed by atoms with Crippen LogP contribution in [0.4, 0.5) is 0 Å². The van der Waals surface area contributed by atoms with Crippen LogP contribution in [-0.4, -0.2) is 16.8 Å². The molecule has 0 saturated carbocycles. The molecular weight excluding hydrogens is 152 g/mol. The largest absolute Gasteiger partial charge is 0.508 e. The lowest BCUT2D eigenvalue weighted by Gasteiger charge is -2.04. The van der Waals surface area contributed by atoms with E-state index in [4.69, 9.17) is 10.2 Å². The number of aliphatic hydroxyl groups is 1. The molecule has 1 aromatic rings. The fourth-order valence-electron chi connectivity index (χ4n) is 1.23. The van der Waals surface area contributed by atoms with Gasteiger partial charge in [0.05, 0.1) is 0 Å². The second-order valence-corrected chi connectivity index (χ2v) is 2.94. The minimum Gasteiger partial charge on any atom is -0.508 e. The standard InChI is InChI=1S/C10H14O2/c1-8-7-10(12)5-4-9(8)3-2-6-11/h4-5,7,11-12H,2-3,6H2,1H3. The fraction of sp³-hybridized carbons (Fsp3) is 0.400. The molecule has 0 aliphatic carbocycles. The number of rotatable bonds is 3. The SMILES string of the molecule is Cc1cc(O)ccc1CCCO. The molecule has 0 heterocycles. The van der Waals surface area contributed by atoms with Crippen LogP contribution in [-0.2, 0) is 6.42 Å². The zero-order valence-electron chi connectivity index (χ0n) is 7.25. The van der Waals surface area contributed by atoms with Gasteiger partial charge in [-0.05, 0) is 43.0 Å². The Balaban J connectivity index is 2.72. The third-order valence-corrected chi connectivity index (χ3v) is 1.93. The van der Waals surface area contributed by atoms with E-state index in [1.165, 1.54) is 5.56 Å². The summed E-state index contributed by atoms with van der Waals surface area (Å²) in [5.41, 5.74) is 2.28. The number of phenols is 1.